The molecule has 0 aromatic carbocycles. The van der Waals surface area contributed by atoms with Crippen LogP contribution in [-0.2, 0) is 6.54 Å². The molecule has 8 nitrogen and oxygen atoms in total. The number of hydrogen-bond donors (Lipinski definition) is 2. The number of nitrogens with zero attached hydrogens (tertiary/aromatic N) is 3. The van der Waals surface area contributed by atoms with Crippen LogP contribution in [-0.4, -0.2) is 25.9 Å². The highest BCUT2D eigenvalue weighted by Crippen LogP contribution is 2.18. The largest absolute Gasteiger partial charge is 0.467 e. The molecule has 0 bridgehead atoms. The van der Waals surface area contributed by atoms with E-state index in [1.165, 1.54) is 16.9 Å². The fourth-order valence-corrected chi connectivity index (χ4v) is 4.49. The normalized spacial score (nSPS) is 14.8. The number of fused-ring (bicyclic) bond motifs is 2. The summed E-state index contributed by atoms with van der Waals surface area (Å²) >= 11 is 0. The Morgan fingerprint density at radius 1 is 1.22 bits per heavy atom. The van der Waals surface area contributed by atoms with Crippen molar-refractivity contribution in [2.45, 2.75) is 51.6 Å². The van der Waals surface area contributed by atoms with Crippen molar-refractivity contribution in [1.29, 1.82) is 5.41 Å². The summed E-state index contributed by atoms with van der Waals surface area (Å²) in [5.74, 6) is 0.284. The lowest BCUT2D eigenvalue weighted by Gasteiger charge is -2.23. The maximum atomic E-state index is 13.4. The fraction of sp³-hybridized carbons (Fsp3) is 0.333. The Morgan fingerprint density at radius 2 is 2.03 bits per heavy atom. The Labute approximate surface area is 184 Å². The third kappa shape index (κ3) is 3.51. The van der Waals surface area contributed by atoms with Gasteiger partial charge in [-0.05, 0) is 49.6 Å². The molecule has 0 atom stereocenters. The number of furan rings is 1. The number of amides is 1. The van der Waals surface area contributed by atoms with Crippen molar-refractivity contribution in [2.24, 2.45) is 0 Å². The molecule has 0 radical (unpaired) electrons. The third-order valence-corrected chi connectivity index (χ3v) is 6.21. The molecular weight excluding hydrogens is 406 g/mol. The standard InChI is InChI=1S/C24H25N5O3/c1-15-7-5-11-28-21(15)27-22-19(24(28)31)13-18(23(30)26-16-8-3-2-4-9-16)20(25)29(22)14-17-10-6-12-32-17/h5-7,10-13,16,25H,2-4,8-9,14H2,1H3,(H,26,30). The molecule has 4 aromatic heterocycles. The van der Waals surface area contributed by atoms with Crippen molar-refractivity contribution < 1.29 is 9.21 Å². The molecule has 164 valence electrons. The van der Waals surface area contributed by atoms with Crippen molar-refractivity contribution in [3.05, 3.63) is 75.5 Å². The molecule has 4 heterocycles. The summed E-state index contributed by atoms with van der Waals surface area (Å²) in [5.41, 5.74) is 1.64. The van der Waals surface area contributed by atoms with Gasteiger partial charge >= 0.3 is 0 Å². The number of pyridine rings is 2. The van der Waals surface area contributed by atoms with Gasteiger partial charge in [0.1, 0.15) is 22.5 Å². The number of rotatable bonds is 4. The molecule has 8 heteroatoms. The van der Waals surface area contributed by atoms with Crippen LogP contribution in [0.4, 0.5) is 0 Å². The first-order chi connectivity index (χ1) is 15.5. The van der Waals surface area contributed by atoms with Crippen LogP contribution in [0, 0.1) is 12.3 Å². The zero-order valence-electron chi connectivity index (χ0n) is 17.9. The summed E-state index contributed by atoms with van der Waals surface area (Å²) in [6, 6.07) is 8.86. The van der Waals surface area contributed by atoms with Crippen LogP contribution in [0.2, 0.25) is 0 Å². The quantitative estimate of drug-likeness (QED) is 0.484. The van der Waals surface area contributed by atoms with Crippen LogP contribution < -0.4 is 16.4 Å². The van der Waals surface area contributed by atoms with E-state index in [1.807, 2.05) is 13.0 Å². The number of hydrogen-bond acceptors (Lipinski definition) is 5. The highest BCUT2D eigenvalue weighted by molar-refractivity contribution is 5.97. The van der Waals surface area contributed by atoms with Crippen molar-refractivity contribution in [1.82, 2.24) is 19.3 Å². The molecule has 0 spiro atoms. The van der Waals surface area contributed by atoms with Crippen LogP contribution >= 0.6 is 0 Å². The summed E-state index contributed by atoms with van der Waals surface area (Å²) in [7, 11) is 0. The molecule has 1 aliphatic carbocycles. The van der Waals surface area contributed by atoms with E-state index in [-0.39, 0.29) is 35.1 Å². The minimum absolute atomic E-state index is 0.00652. The van der Waals surface area contributed by atoms with E-state index in [4.69, 9.17) is 14.8 Å². The minimum Gasteiger partial charge on any atom is -0.467 e. The van der Waals surface area contributed by atoms with Crippen LogP contribution in [0.5, 0.6) is 0 Å². The lowest BCUT2D eigenvalue weighted by Crippen LogP contribution is -2.40. The third-order valence-electron chi connectivity index (χ3n) is 6.21. The van der Waals surface area contributed by atoms with E-state index in [0.29, 0.717) is 22.4 Å². The number of carbonyl (C=O) groups is 1. The molecular formula is C24H25N5O3. The number of carbonyl (C=O) groups excluding carboxylic acids is 1. The molecule has 4 aromatic rings. The first kappa shape index (κ1) is 20.2. The van der Waals surface area contributed by atoms with Gasteiger partial charge in [0, 0.05) is 12.2 Å². The second-order valence-electron chi connectivity index (χ2n) is 8.42. The average molecular weight is 431 g/mol. The van der Waals surface area contributed by atoms with Crippen molar-refractivity contribution >= 4 is 22.6 Å². The molecule has 1 saturated carbocycles. The molecule has 2 N–H and O–H groups in total. The predicted molar refractivity (Wildman–Crippen MR) is 120 cm³/mol. The van der Waals surface area contributed by atoms with E-state index in [0.717, 1.165) is 31.2 Å². The molecule has 1 fully saturated rings. The minimum atomic E-state index is -0.328. The van der Waals surface area contributed by atoms with Crippen molar-refractivity contribution in [2.75, 3.05) is 0 Å². The smallest absolute Gasteiger partial charge is 0.267 e. The average Bonchev–Trinajstić information content (AvgIpc) is 3.30. The molecule has 0 unspecified atom stereocenters. The van der Waals surface area contributed by atoms with Crippen LogP contribution in [0.15, 0.2) is 52.0 Å². The van der Waals surface area contributed by atoms with Crippen LogP contribution in [0.3, 0.4) is 0 Å². The lowest BCUT2D eigenvalue weighted by molar-refractivity contribution is 0.0925. The van der Waals surface area contributed by atoms with Gasteiger partial charge in [0.25, 0.3) is 11.5 Å². The molecule has 32 heavy (non-hydrogen) atoms. The van der Waals surface area contributed by atoms with Gasteiger partial charge < -0.3 is 14.3 Å². The monoisotopic (exact) mass is 431 g/mol. The second-order valence-corrected chi connectivity index (χ2v) is 8.42. The summed E-state index contributed by atoms with van der Waals surface area (Å²) in [6.07, 6.45) is 8.47. The van der Waals surface area contributed by atoms with Gasteiger partial charge in [-0.25, -0.2) is 4.98 Å². The second kappa shape index (κ2) is 8.11. The highest BCUT2D eigenvalue weighted by Gasteiger charge is 2.21. The van der Waals surface area contributed by atoms with Crippen molar-refractivity contribution in [3.8, 4) is 0 Å². The van der Waals surface area contributed by atoms with Gasteiger partial charge in [0.15, 0.2) is 0 Å². The molecule has 0 aliphatic heterocycles. The van der Waals surface area contributed by atoms with Gasteiger partial charge in [0.05, 0.1) is 23.8 Å². The van der Waals surface area contributed by atoms with E-state index in [9.17, 15) is 9.59 Å². The van der Waals surface area contributed by atoms with Gasteiger partial charge in [-0.3, -0.25) is 19.4 Å². The molecule has 5 rings (SSSR count). The zero-order valence-corrected chi connectivity index (χ0v) is 17.9. The predicted octanol–water partition coefficient (Wildman–Crippen LogP) is 3.14. The first-order valence-corrected chi connectivity index (χ1v) is 11.0. The zero-order chi connectivity index (χ0) is 22.2. The topological polar surface area (TPSA) is 105 Å². The Balaban J connectivity index is 1.72. The van der Waals surface area contributed by atoms with E-state index >= 15 is 0 Å². The van der Waals surface area contributed by atoms with Crippen LogP contribution in [0.1, 0.15) is 53.8 Å². The summed E-state index contributed by atoms with van der Waals surface area (Å²) in [5, 5.41) is 12.2. The Hall–Kier alpha value is -3.68. The lowest BCUT2D eigenvalue weighted by atomic mass is 9.95. The maximum Gasteiger partial charge on any atom is 0.267 e. The van der Waals surface area contributed by atoms with E-state index < -0.39 is 0 Å². The van der Waals surface area contributed by atoms with E-state index in [1.54, 1.807) is 35.2 Å². The van der Waals surface area contributed by atoms with Crippen LogP contribution in [0.25, 0.3) is 16.7 Å². The van der Waals surface area contributed by atoms with Gasteiger partial charge in [-0.15, -0.1) is 0 Å². The van der Waals surface area contributed by atoms with Gasteiger partial charge in [-0.1, -0.05) is 25.3 Å². The number of aromatic nitrogens is 3. The summed E-state index contributed by atoms with van der Waals surface area (Å²) < 4.78 is 8.56. The van der Waals surface area contributed by atoms with Gasteiger partial charge in [-0.2, -0.15) is 0 Å². The van der Waals surface area contributed by atoms with E-state index in [2.05, 4.69) is 5.32 Å². The summed E-state index contributed by atoms with van der Waals surface area (Å²) in [6.45, 7) is 2.08. The molecule has 0 saturated heterocycles. The summed E-state index contributed by atoms with van der Waals surface area (Å²) in [4.78, 5) is 31.3. The Bertz CT molecular complexity index is 1430. The Morgan fingerprint density at radius 3 is 2.78 bits per heavy atom. The SMILES string of the molecule is Cc1cccn2c(=O)c3cc(C(=O)NC4CCCCC4)c(=N)n(Cc4ccco4)c3nc12. The highest BCUT2D eigenvalue weighted by atomic mass is 16.3. The number of aryl methyl sites for hydroxylation is 1. The first-order valence-electron chi connectivity index (χ1n) is 11.0. The molecule has 1 aliphatic rings. The van der Waals surface area contributed by atoms with Crippen molar-refractivity contribution in [3.63, 3.8) is 0 Å². The number of nitrogens with one attached hydrogen (secondary N) is 2. The molecule has 1 amide bonds. The maximum absolute atomic E-state index is 13.4. The van der Waals surface area contributed by atoms with Gasteiger partial charge in [0.2, 0.25) is 0 Å². The Kier molecular flexibility index (Phi) is 5.13. The fourth-order valence-electron chi connectivity index (χ4n) is 4.49.